The summed E-state index contributed by atoms with van der Waals surface area (Å²) in [5, 5.41) is 2.34. The number of carbonyl (C=O) groups excluding carboxylic acids is 1. The number of hydrogen-bond donors (Lipinski definition) is 2. The normalized spacial score (nSPS) is 17.1. The standard InChI is InChI=1S/C12H12BrF3N2O/c13-7-1-2-9(8(5-7)12(14,15)16)18-10(19)11(6-17)3-4-11/h1-2,5H,3-4,6,17H2,(H,18,19). The van der Waals surface area contributed by atoms with E-state index in [1.807, 2.05) is 0 Å². The molecule has 19 heavy (non-hydrogen) atoms. The zero-order chi connectivity index (χ0) is 14.3. The van der Waals surface area contributed by atoms with E-state index >= 15 is 0 Å². The molecule has 0 aliphatic heterocycles. The van der Waals surface area contributed by atoms with Crippen molar-refractivity contribution in [3.05, 3.63) is 28.2 Å². The minimum atomic E-state index is -4.52. The Hall–Kier alpha value is -1.08. The van der Waals surface area contributed by atoms with Gasteiger partial charge in [-0.15, -0.1) is 0 Å². The monoisotopic (exact) mass is 336 g/mol. The molecule has 0 aromatic heterocycles. The molecule has 0 heterocycles. The number of alkyl halides is 3. The van der Waals surface area contributed by atoms with E-state index in [1.165, 1.54) is 12.1 Å². The lowest BCUT2D eigenvalue weighted by Crippen LogP contribution is -2.31. The van der Waals surface area contributed by atoms with Crippen LogP contribution in [-0.2, 0) is 11.0 Å². The second-order valence-electron chi connectivity index (χ2n) is 4.63. The first kappa shape index (κ1) is 14.3. The minimum absolute atomic E-state index is 0.150. The van der Waals surface area contributed by atoms with Crippen molar-refractivity contribution in [1.29, 1.82) is 0 Å². The van der Waals surface area contributed by atoms with Crippen molar-refractivity contribution in [3.8, 4) is 0 Å². The highest BCUT2D eigenvalue weighted by atomic mass is 79.9. The molecule has 0 radical (unpaired) electrons. The van der Waals surface area contributed by atoms with Gasteiger partial charge in [0, 0.05) is 11.0 Å². The SMILES string of the molecule is NCC1(C(=O)Nc2ccc(Br)cc2C(F)(F)F)CC1. The molecule has 0 spiro atoms. The molecule has 1 saturated carbocycles. The number of carbonyl (C=O) groups is 1. The third kappa shape index (κ3) is 2.92. The first-order valence-electron chi connectivity index (χ1n) is 5.67. The summed E-state index contributed by atoms with van der Waals surface area (Å²) in [4.78, 5) is 11.9. The van der Waals surface area contributed by atoms with E-state index in [1.54, 1.807) is 0 Å². The van der Waals surface area contributed by atoms with Gasteiger partial charge in [-0.3, -0.25) is 4.79 Å². The van der Waals surface area contributed by atoms with E-state index in [9.17, 15) is 18.0 Å². The summed E-state index contributed by atoms with van der Waals surface area (Å²) < 4.78 is 38.9. The number of nitrogens with one attached hydrogen (secondary N) is 1. The number of amides is 1. The molecule has 3 N–H and O–H groups in total. The van der Waals surface area contributed by atoms with Crippen LogP contribution in [0, 0.1) is 5.41 Å². The van der Waals surface area contributed by atoms with Crippen molar-refractivity contribution >= 4 is 27.5 Å². The van der Waals surface area contributed by atoms with Crippen LogP contribution in [0.5, 0.6) is 0 Å². The molecule has 1 aliphatic rings. The van der Waals surface area contributed by atoms with Gasteiger partial charge in [-0.05, 0) is 31.0 Å². The van der Waals surface area contributed by atoms with Gasteiger partial charge < -0.3 is 11.1 Å². The van der Waals surface area contributed by atoms with Crippen LogP contribution in [-0.4, -0.2) is 12.5 Å². The summed E-state index contributed by atoms with van der Waals surface area (Å²) in [7, 11) is 0. The summed E-state index contributed by atoms with van der Waals surface area (Å²) in [6.45, 7) is 0.150. The molecule has 0 bridgehead atoms. The Labute approximate surface area is 116 Å². The quantitative estimate of drug-likeness (QED) is 0.890. The number of rotatable bonds is 3. The maximum absolute atomic E-state index is 12.9. The van der Waals surface area contributed by atoms with E-state index in [2.05, 4.69) is 21.2 Å². The van der Waals surface area contributed by atoms with Gasteiger partial charge in [0.05, 0.1) is 16.7 Å². The lowest BCUT2D eigenvalue weighted by molar-refractivity contribution is -0.137. The van der Waals surface area contributed by atoms with E-state index in [0.29, 0.717) is 17.3 Å². The fraction of sp³-hybridized carbons (Fsp3) is 0.417. The van der Waals surface area contributed by atoms with Crippen LogP contribution in [0.15, 0.2) is 22.7 Å². The average Bonchev–Trinajstić information content (AvgIpc) is 3.11. The largest absolute Gasteiger partial charge is 0.418 e. The molecule has 1 fully saturated rings. The molecule has 1 amide bonds. The van der Waals surface area contributed by atoms with Crippen LogP contribution in [0.25, 0.3) is 0 Å². The van der Waals surface area contributed by atoms with E-state index in [4.69, 9.17) is 5.73 Å². The molecular weight excluding hydrogens is 325 g/mol. The molecule has 104 valence electrons. The Balaban J connectivity index is 2.28. The molecule has 3 nitrogen and oxygen atoms in total. The van der Waals surface area contributed by atoms with Crippen molar-refractivity contribution in [2.24, 2.45) is 11.1 Å². The van der Waals surface area contributed by atoms with Gasteiger partial charge in [0.2, 0.25) is 5.91 Å². The summed E-state index contributed by atoms with van der Waals surface area (Å²) >= 11 is 2.99. The van der Waals surface area contributed by atoms with Crippen molar-refractivity contribution in [2.75, 3.05) is 11.9 Å². The van der Waals surface area contributed by atoms with Gasteiger partial charge in [-0.1, -0.05) is 15.9 Å². The molecule has 1 aliphatic carbocycles. The van der Waals surface area contributed by atoms with E-state index in [-0.39, 0.29) is 12.2 Å². The maximum Gasteiger partial charge on any atom is 0.418 e. The van der Waals surface area contributed by atoms with Crippen molar-refractivity contribution in [3.63, 3.8) is 0 Å². The lowest BCUT2D eigenvalue weighted by atomic mass is 10.1. The van der Waals surface area contributed by atoms with Gasteiger partial charge in [-0.2, -0.15) is 13.2 Å². The van der Waals surface area contributed by atoms with Crippen molar-refractivity contribution < 1.29 is 18.0 Å². The zero-order valence-electron chi connectivity index (χ0n) is 9.85. The third-order valence-electron chi connectivity index (χ3n) is 3.26. The molecule has 0 atom stereocenters. The Morgan fingerprint density at radius 3 is 2.53 bits per heavy atom. The highest BCUT2D eigenvalue weighted by Gasteiger charge is 2.49. The smallest absolute Gasteiger partial charge is 0.329 e. The third-order valence-corrected chi connectivity index (χ3v) is 3.75. The van der Waals surface area contributed by atoms with Gasteiger partial charge >= 0.3 is 6.18 Å². The van der Waals surface area contributed by atoms with Gasteiger partial charge in [0.15, 0.2) is 0 Å². The predicted octanol–water partition coefficient (Wildman–Crippen LogP) is 3.15. The molecule has 1 aromatic carbocycles. The summed E-state index contributed by atoms with van der Waals surface area (Å²) in [6, 6.07) is 3.63. The van der Waals surface area contributed by atoms with Crippen LogP contribution in [0.3, 0.4) is 0 Å². The van der Waals surface area contributed by atoms with E-state index < -0.39 is 23.1 Å². The Bertz CT molecular complexity index is 512. The molecular formula is C12H12BrF3N2O. The molecule has 7 heteroatoms. The lowest BCUT2D eigenvalue weighted by Gasteiger charge is -2.17. The van der Waals surface area contributed by atoms with Crippen LogP contribution in [0.1, 0.15) is 18.4 Å². The first-order chi connectivity index (χ1) is 8.78. The maximum atomic E-state index is 12.9. The molecule has 2 rings (SSSR count). The average molecular weight is 337 g/mol. The number of benzene rings is 1. The summed E-state index contributed by atoms with van der Waals surface area (Å²) in [5.41, 5.74) is 3.69. The van der Waals surface area contributed by atoms with Gasteiger partial charge in [0.1, 0.15) is 0 Å². The fourth-order valence-corrected chi connectivity index (χ4v) is 2.15. The number of halogens is 4. The van der Waals surface area contributed by atoms with Crippen LogP contribution >= 0.6 is 15.9 Å². The second-order valence-corrected chi connectivity index (χ2v) is 5.54. The Kier molecular flexibility index (Phi) is 3.61. The number of anilines is 1. The second kappa shape index (κ2) is 4.79. The highest BCUT2D eigenvalue weighted by Crippen LogP contribution is 2.46. The van der Waals surface area contributed by atoms with Gasteiger partial charge in [-0.25, -0.2) is 0 Å². The predicted molar refractivity (Wildman–Crippen MR) is 68.5 cm³/mol. The number of hydrogen-bond acceptors (Lipinski definition) is 2. The van der Waals surface area contributed by atoms with Crippen molar-refractivity contribution in [1.82, 2.24) is 0 Å². The minimum Gasteiger partial charge on any atom is -0.329 e. The van der Waals surface area contributed by atoms with Crippen LogP contribution < -0.4 is 11.1 Å². The van der Waals surface area contributed by atoms with Gasteiger partial charge in [0.25, 0.3) is 0 Å². The first-order valence-corrected chi connectivity index (χ1v) is 6.46. The molecule has 0 unspecified atom stereocenters. The van der Waals surface area contributed by atoms with Crippen LogP contribution in [0.4, 0.5) is 18.9 Å². The summed E-state index contributed by atoms with van der Waals surface area (Å²) in [6.07, 6.45) is -3.29. The van der Waals surface area contributed by atoms with Crippen LogP contribution in [0.2, 0.25) is 0 Å². The Morgan fingerprint density at radius 2 is 2.05 bits per heavy atom. The molecule has 0 saturated heterocycles. The Morgan fingerprint density at radius 1 is 1.42 bits per heavy atom. The highest BCUT2D eigenvalue weighted by molar-refractivity contribution is 9.10. The zero-order valence-corrected chi connectivity index (χ0v) is 11.4. The summed E-state index contributed by atoms with van der Waals surface area (Å²) in [5.74, 6) is -0.442. The topological polar surface area (TPSA) is 55.1 Å². The van der Waals surface area contributed by atoms with Crippen molar-refractivity contribution in [2.45, 2.75) is 19.0 Å². The molecule has 1 aromatic rings. The number of nitrogens with two attached hydrogens (primary N) is 1. The van der Waals surface area contributed by atoms with E-state index in [0.717, 1.165) is 6.07 Å². The fourth-order valence-electron chi connectivity index (χ4n) is 1.79.